The zero-order chi connectivity index (χ0) is 22.1. The van der Waals surface area contributed by atoms with Crippen LogP contribution in [-0.4, -0.2) is 30.2 Å². The van der Waals surface area contributed by atoms with Gasteiger partial charge in [0.25, 0.3) is 0 Å². The summed E-state index contributed by atoms with van der Waals surface area (Å²) in [6.45, 7) is 4.02. The number of carbonyl (C=O) groups is 2. The van der Waals surface area contributed by atoms with Gasteiger partial charge in [-0.3, -0.25) is 9.59 Å². The molecule has 0 atom stereocenters. The van der Waals surface area contributed by atoms with Crippen molar-refractivity contribution in [1.29, 1.82) is 0 Å². The molecule has 0 aliphatic rings. The summed E-state index contributed by atoms with van der Waals surface area (Å²) in [4.78, 5) is 23.0. The van der Waals surface area contributed by atoms with Gasteiger partial charge in [-0.05, 0) is 37.6 Å². The molecule has 1 heterocycles. The topological polar surface area (TPSA) is 90.7 Å². The summed E-state index contributed by atoms with van der Waals surface area (Å²) >= 11 is 0. The molecule has 1 N–H and O–H groups in total. The van der Waals surface area contributed by atoms with Crippen LogP contribution in [0.2, 0.25) is 0 Å². The van der Waals surface area contributed by atoms with Gasteiger partial charge < -0.3 is 19.3 Å². The lowest BCUT2D eigenvalue weighted by molar-refractivity contribution is -0.143. The van der Waals surface area contributed by atoms with Gasteiger partial charge in [0.05, 0.1) is 12.2 Å². The molecule has 0 saturated carbocycles. The number of aromatic nitrogens is 1. The Morgan fingerprint density at radius 3 is 2.55 bits per heavy atom. The third-order valence-corrected chi connectivity index (χ3v) is 4.43. The number of hydrogen-bond donors (Lipinski definition) is 1. The first-order valence-corrected chi connectivity index (χ1v) is 9.91. The number of amides is 1. The first-order valence-electron chi connectivity index (χ1n) is 9.91. The van der Waals surface area contributed by atoms with Crippen LogP contribution in [-0.2, 0) is 20.9 Å². The van der Waals surface area contributed by atoms with Gasteiger partial charge in [-0.15, -0.1) is 0 Å². The van der Waals surface area contributed by atoms with Crippen LogP contribution in [0.15, 0.2) is 65.2 Å². The normalized spacial score (nSPS) is 10.8. The van der Waals surface area contributed by atoms with Crippen LogP contribution in [0, 0.1) is 6.92 Å². The molecule has 7 heteroatoms. The van der Waals surface area contributed by atoms with Crippen molar-refractivity contribution in [1.82, 2.24) is 10.5 Å². The highest BCUT2D eigenvalue weighted by Gasteiger charge is 2.15. The highest BCUT2D eigenvalue weighted by atomic mass is 16.5. The number of esters is 1. The Morgan fingerprint density at radius 2 is 1.84 bits per heavy atom. The standard InChI is InChI=1S/C24H24N2O5/c1-3-29-23(28)15-25-22(27)14-11-18-9-12-20(13-10-18)30-16-21-17(2)31-26-24(21)19-7-5-4-6-8-19/h4-14H,3,15-16H2,1-2H3,(H,25,27)/b14-11+. The van der Waals surface area contributed by atoms with Crippen molar-refractivity contribution >= 4 is 18.0 Å². The number of hydrogen-bond acceptors (Lipinski definition) is 6. The summed E-state index contributed by atoms with van der Waals surface area (Å²) in [6, 6.07) is 17.1. The summed E-state index contributed by atoms with van der Waals surface area (Å²) in [5.74, 6) is 0.560. The van der Waals surface area contributed by atoms with Crippen LogP contribution in [0.25, 0.3) is 17.3 Å². The fourth-order valence-corrected chi connectivity index (χ4v) is 2.82. The summed E-state index contributed by atoms with van der Waals surface area (Å²) in [7, 11) is 0. The molecule has 0 aliphatic carbocycles. The maximum absolute atomic E-state index is 11.8. The van der Waals surface area contributed by atoms with Crippen LogP contribution in [0.3, 0.4) is 0 Å². The van der Waals surface area contributed by atoms with Gasteiger partial charge in [0.15, 0.2) is 0 Å². The third-order valence-electron chi connectivity index (χ3n) is 4.43. The SMILES string of the molecule is CCOC(=O)CNC(=O)/C=C/c1ccc(OCc2c(-c3ccccc3)noc2C)cc1. The van der Waals surface area contributed by atoms with Gasteiger partial charge in [-0.1, -0.05) is 47.6 Å². The number of carbonyl (C=O) groups excluding carboxylic acids is 2. The van der Waals surface area contributed by atoms with E-state index < -0.39 is 5.97 Å². The molecule has 0 fully saturated rings. The molecule has 160 valence electrons. The monoisotopic (exact) mass is 420 g/mol. The molecular formula is C24H24N2O5. The highest BCUT2D eigenvalue weighted by Crippen LogP contribution is 2.26. The quantitative estimate of drug-likeness (QED) is 0.417. The Labute approximate surface area is 180 Å². The lowest BCUT2D eigenvalue weighted by Gasteiger charge is -2.07. The maximum atomic E-state index is 11.8. The molecule has 0 saturated heterocycles. The number of nitrogens with one attached hydrogen (secondary N) is 1. The Morgan fingerprint density at radius 1 is 1.10 bits per heavy atom. The number of benzene rings is 2. The van der Waals surface area contributed by atoms with E-state index in [2.05, 4.69) is 10.5 Å². The molecule has 3 aromatic rings. The lowest BCUT2D eigenvalue weighted by atomic mass is 10.1. The van der Waals surface area contributed by atoms with Crippen molar-refractivity contribution in [2.75, 3.05) is 13.2 Å². The van der Waals surface area contributed by atoms with E-state index in [4.69, 9.17) is 14.0 Å². The minimum absolute atomic E-state index is 0.156. The molecule has 0 unspecified atom stereocenters. The minimum atomic E-state index is -0.468. The van der Waals surface area contributed by atoms with Gasteiger partial charge in [0.2, 0.25) is 5.91 Å². The van der Waals surface area contributed by atoms with E-state index >= 15 is 0 Å². The smallest absolute Gasteiger partial charge is 0.325 e. The molecule has 0 aliphatic heterocycles. The molecule has 0 bridgehead atoms. The van der Waals surface area contributed by atoms with Crippen LogP contribution in [0.4, 0.5) is 0 Å². The first kappa shape index (κ1) is 21.8. The van der Waals surface area contributed by atoms with E-state index in [1.165, 1.54) is 6.08 Å². The van der Waals surface area contributed by atoms with Crippen molar-refractivity contribution in [2.45, 2.75) is 20.5 Å². The highest BCUT2D eigenvalue weighted by molar-refractivity contribution is 5.93. The van der Waals surface area contributed by atoms with Gasteiger partial charge >= 0.3 is 5.97 Å². The third kappa shape index (κ3) is 6.30. The van der Waals surface area contributed by atoms with Crippen molar-refractivity contribution < 1.29 is 23.6 Å². The van der Waals surface area contributed by atoms with Crippen LogP contribution >= 0.6 is 0 Å². The van der Waals surface area contributed by atoms with E-state index in [0.29, 0.717) is 18.1 Å². The first-order chi connectivity index (χ1) is 15.1. The molecule has 1 aromatic heterocycles. The second kappa shape index (κ2) is 10.8. The molecule has 0 spiro atoms. The summed E-state index contributed by atoms with van der Waals surface area (Å²) in [5.41, 5.74) is 3.46. The maximum Gasteiger partial charge on any atom is 0.325 e. The average Bonchev–Trinajstić information content (AvgIpc) is 3.16. The van der Waals surface area contributed by atoms with Crippen LogP contribution in [0.5, 0.6) is 5.75 Å². The Bertz CT molecular complexity index is 1040. The molecule has 1 amide bonds. The van der Waals surface area contributed by atoms with Crippen LogP contribution < -0.4 is 10.1 Å². The van der Waals surface area contributed by atoms with E-state index in [9.17, 15) is 9.59 Å². The fourth-order valence-electron chi connectivity index (χ4n) is 2.82. The van der Waals surface area contributed by atoms with Gasteiger partial charge in [0, 0.05) is 11.6 Å². The molecule has 2 aromatic carbocycles. The van der Waals surface area contributed by atoms with E-state index in [1.54, 1.807) is 13.0 Å². The summed E-state index contributed by atoms with van der Waals surface area (Å²) in [5, 5.41) is 6.63. The van der Waals surface area contributed by atoms with Gasteiger partial charge in [-0.25, -0.2) is 0 Å². The van der Waals surface area contributed by atoms with E-state index in [1.807, 2.05) is 61.5 Å². The molecule has 0 radical (unpaired) electrons. The Kier molecular flexibility index (Phi) is 7.59. The van der Waals surface area contributed by atoms with Gasteiger partial charge in [0.1, 0.15) is 30.4 Å². The van der Waals surface area contributed by atoms with E-state index in [0.717, 1.165) is 22.4 Å². The number of ether oxygens (including phenoxy) is 2. The van der Waals surface area contributed by atoms with Crippen molar-refractivity contribution in [3.05, 3.63) is 77.6 Å². The zero-order valence-corrected chi connectivity index (χ0v) is 17.5. The van der Waals surface area contributed by atoms with Gasteiger partial charge in [-0.2, -0.15) is 0 Å². The fraction of sp³-hybridized carbons (Fsp3) is 0.208. The molecule has 3 rings (SSSR count). The van der Waals surface area contributed by atoms with Crippen molar-refractivity contribution in [3.63, 3.8) is 0 Å². The number of rotatable bonds is 9. The summed E-state index contributed by atoms with van der Waals surface area (Å²) < 4.78 is 16.0. The molecular weight excluding hydrogens is 396 g/mol. The predicted octanol–water partition coefficient (Wildman–Crippen LogP) is 3.92. The second-order valence-corrected chi connectivity index (χ2v) is 6.65. The van der Waals surface area contributed by atoms with Crippen molar-refractivity contribution in [3.8, 4) is 17.0 Å². The minimum Gasteiger partial charge on any atom is -0.489 e. The zero-order valence-electron chi connectivity index (χ0n) is 17.5. The largest absolute Gasteiger partial charge is 0.489 e. The number of nitrogens with zero attached hydrogens (tertiary/aromatic N) is 1. The Hall–Kier alpha value is -3.87. The lowest BCUT2D eigenvalue weighted by Crippen LogP contribution is -2.29. The number of aryl methyl sites for hydroxylation is 1. The average molecular weight is 420 g/mol. The predicted molar refractivity (Wildman–Crippen MR) is 116 cm³/mol. The molecule has 31 heavy (non-hydrogen) atoms. The van der Waals surface area contributed by atoms with Crippen LogP contribution in [0.1, 0.15) is 23.8 Å². The molecule has 7 nitrogen and oxygen atoms in total. The second-order valence-electron chi connectivity index (χ2n) is 6.65. The Balaban J connectivity index is 1.55. The van der Waals surface area contributed by atoms with E-state index in [-0.39, 0.29) is 19.1 Å². The van der Waals surface area contributed by atoms with Crippen molar-refractivity contribution in [2.24, 2.45) is 0 Å². The summed E-state index contributed by atoms with van der Waals surface area (Å²) in [6.07, 6.45) is 3.02.